The van der Waals surface area contributed by atoms with Gasteiger partial charge in [0.25, 0.3) is 0 Å². The van der Waals surface area contributed by atoms with Crippen LogP contribution in [0.2, 0.25) is 0 Å². The van der Waals surface area contributed by atoms with Gasteiger partial charge in [0.15, 0.2) is 0 Å². The van der Waals surface area contributed by atoms with E-state index in [2.05, 4.69) is 71.9 Å². The molecule has 0 aromatic heterocycles. The molecule has 1 rings (SSSR count). The van der Waals surface area contributed by atoms with E-state index in [0.717, 1.165) is 0 Å². The fourth-order valence-electron chi connectivity index (χ4n) is 1.52. The fourth-order valence-corrected chi connectivity index (χ4v) is 1.52. The third-order valence-corrected chi connectivity index (χ3v) is 2.71. The molecule has 1 aromatic rings. The van der Waals surface area contributed by atoms with E-state index >= 15 is 0 Å². The molecule has 114 valence electrons. The van der Waals surface area contributed by atoms with E-state index in [4.69, 9.17) is 18.6 Å². The molecule has 0 spiro atoms. The van der Waals surface area contributed by atoms with E-state index in [1.165, 1.54) is 11.1 Å². The molecule has 0 saturated heterocycles. The molecule has 0 saturated carbocycles. The topological polar surface area (TPSA) is 92.2 Å². The van der Waals surface area contributed by atoms with Gasteiger partial charge in [0.1, 0.15) is 0 Å². The SMILES string of the molecule is CC(C)(C)c1cccc[c+](C(C)(C)C)c1.[O-][Cl+3]([O-])([O-])[O-]. The first kappa shape index (κ1) is 19.2. The second-order valence-electron chi connectivity index (χ2n) is 6.65. The summed E-state index contributed by atoms with van der Waals surface area (Å²) in [6, 6.07) is 11.0. The van der Waals surface area contributed by atoms with Crippen molar-refractivity contribution in [1.29, 1.82) is 0 Å². The van der Waals surface area contributed by atoms with E-state index in [0.29, 0.717) is 0 Å². The summed E-state index contributed by atoms with van der Waals surface area (Å²) in [6.45, 7) is 13.6. The Hall–Kier alpha value is -0.780. The standard InChI is InChI=1S/C15H23.ClHO4/c1-14(2,3)12-9-7-8-10-13(11-12)15(4,5)6;2-1(3,4)5/h7-11H,1-6H3;(H,2,3,4,5)/q+1;/p-1. The predicted octanol–water partition coefficient (Wildman–Crippen LogP) is -0.193. The molecule has 20 heavy (non-hydrogen) atoms. The molecule has 0 radical (unpaired) electrons. The van der Waals surface area contributed by atoms with Crippen LogP contribution in [0, 0.1) is 10.2 Å². The van der Waals surface area contributed by atoms with Crippen molar-refractivity contribution < 1.29 is 28.9 Å². The van der Waals surface area contributed by atoms with E-state index < -0.39 is 10.2 Å². The van der Waals surface area contributed by atoms with Crippen molar-refractivity contribution in [3.8, 4) is 0 Å². The Kier molecular flexibility index (Phi) is 6.52. The molecule has 0 atom stereocenters. The zero-order valence-electron chi connectivity index (χ0n) is 12.9. The Bertz CT molecular complexity index is 391. The first-order valence-electron chi connectivity index (χ1n) is 6.27. The summed E-state index contributed by atoms with van der Waals surface area (Å²) in [6.07, 6.45) is 0. The van der Waals surface area contributed by atoms with Crippen LogP contribution in [0.1, 0.15) is 52.7 Å². The molecule has 0 heterocycles. The Morgan fingerprint density at radius 3 is 1.70 bits per heavy atom. The first-order valence-corrected chi connectivity index (χ1v) is 7.51. The van der Waals surface area contributed by atoms with Crippen molar-refractivity contribution >= 4 is 0 Å². The molecular formula is C15H23ClO4. The van der Waals surface area contributed by atoms with Crippen molar-refractivity contribution in [2.45, 2.75) is 52.4 Å². The van der Waals surface area contributed by atoms with Crippen LogP contribution in [0.5, 0.6) is 0 Å². The van der Waals surface area contributed by atoms with Gasteiger partial charge in [-0.15, -0.1) is 10.2 Å². The summed E-state index contributed by atoms with van der Waals surface area (Å²) in [5.41, 5.74) is 3.24. The number of hydrogen-bond acceptors (Lipinski definition) is 4. The maximum atomic E-state index is 8.49. The van der Waals surface area contributed by atoms with Crippen molar-refractivity contribution in [2.75, 3.05) is 0 Å². The quantitative estimate of drug-likeness (QED) is 0.621. The number of hydrogen-bond donors (Lipinski definition) is 0. The Morgan fingerprint density at radius 1 is 0.900 bits per heavy atom. The molecular weight excluding hydrogens is 280 g/mol. The molecule has 5 heteroatoms. The van der Waals surface area contributed by atoms with Gasteiger partial charge in [-0.2, -0.15) is 0 Å². The molecule has 0 aliphatic heterocycles. The van der Waals surface area contributed by atoms with Crippen molar-refractivity contribution in [3.63, 3.8) is 0 Å². The minimum Gasteiger partial charge on any atom is -0.222 e. The second kappa shape index (κ2) is 6.78. The van der Waals surface area contributed by atoms with E-state index in [-0.39, 0.29) is 10.8 Å². The third kappa shape index (κ3) is 9.18. The van der Waals surface area contributed by atoms with Crippen LogP contribution in [0.4, 0.5) is 0 Å². The van der Waals surface area contributed by atoms with E-state index in [9.17, 15) is 0 Å². The molecule has 0 aliphatic rings. The zero-order chi connectivity index (χ0) is 16.2. The van der Waals surface area contributed by atoms with E-state index in [1.54, 1.807) is 0 Å². The molecule has 0 fully saturated rings. The van der Waals surface area contributed by atoms with Gasteiger partial charge in [-0.25, -0.2) is 18.6 Å². The van der Waals surface area contributed by atoms with Crippen LogP contribution in [0.15, 0.2) is 30.3 Å². The summed E-state index contributed by atoms with van der Waals surface area (Å²) in [4.78, 5) is 0. The summed E-state index contributed by atoms with van der Waals surface area (Å²) < 4.78 is 34.0. The Morgan fingerprint density at radius 2 is 1.35 bits per heavy atom. The zero-order valence-corrected chi connectivity index (χ0v) is 13.7. The smallest absolute Gasteiger partial charge is 0.0577 e. The molecule has 0 N–H and O–H groups in total. The van der Waals surface area contributed by atoms with E-state index in [1.807, 2.05) is 0 Å². The Labute approximate surface area is 123 Å². The molecule has 0 amide bonds. The molecule has 4 nitrogen and oxygen atoms in total. The first-order chi connectivity index (χ1) is 8.71. The maximum absolute atomic E-state index is 8.49. The maximum Gasteiger partial charge on any atom is 0.0577 e. The highest BCUT2D eigenvalue weighted by molar-refractivity contribution is 5.30. The lowest BCUT2D eigenvalue weighted by Gasteiger charge is -2.17. The summed E-state index contributed by atoms with van der Waals surface area (Å²) in [7, 11) is -4.94. The predicted molar refractivity (Wildman–Crippen MR) is 68.2 cm³/mol. The van der Waals surface area contributed by atoms with Gasteiger partial charge in [-0.05, 0) is 41.5 Å². The van der Waals surface area contributed by atoms with Gasteiger partial charge < -0.3 is 0 Å². The monoisotopic (exact) mass is 302 g/mol. The van der Waals surface area contributed by atoms with Gasteiger partial charge in [-0.1, -0.05) is 0 Å². The highest BCUT2D eigenvalue weighted by Crippen LogP contribution is 2.27. The number of halogens is 1. The average molecular weight is 303 g/mol. The summed E-state index contributed by atoms with van der Waals surface area (Å²) >= 11 is 0. The second-order valence-corrected chi connectivity index (χ2v) is 7.41. The van der Waals surface area contributed by atoms with Crippen LogP contribution in [-0.2, 0) is 10.8 Å². The minimum atomic E-state index is -4.94. The van der Waals surface area contributed by atoms with Crippen molar-refractivity contribution in [3.05, 3.63) is 41.5 Å². The van der Waals surface area contributed by atoms with Crippen LogP contribution < -0.4 is 18.6 Å². The lowest BCUT2D eigenvalue weighted by Crippen LogP contribution is -2.68. The lowest BCUT2D eigenvalue weighted by molar-refractivity contribution is -2.00. The van der Waals surface area contributed by atoms with Crippen LogP contribution >= 0.6 is 0 Å². The average Bonchev–Trinajstić information content (AvgIpc) is 2.36. The highest BCUT2D eigenvalue weighted by Gasteiger charge is 2.23. The molecule has 0 bridgehead atoms. The van der Waals surface area contributed by atoms with Crippen molar-refractivity contribution in [2.24, 2.45) is 0 Å². The van der Waals surface area contributed by atoms with Crippen LogP contribution in [-0.4, -0.2) is 0 Å². The Balaban J connectivity index is 0.000000621. The lowest BCUT2D eigenvalue weighted by atomic mass is 9.83. The largest absolute Gasteiger partial charge is 0.222 e. The number of rotatable bonds is 0. The molecule has 1 aromatic carbocycles. The van der Waals surface area contributed by atoms with Gasteiger partial charge in [-0.3, -0.25) is 0 Å². The summed E-state index contributed by atoms with van der Waals surface area (Å²) in [5, 5.41) is 0. The minimum absolute atomic E-state index is 0.221. The molecule has 0 unspecified atom stereocenters. The third-order valence-electron chi connectivity index (χ3n) is 2.71. The highest BCUT2D eigenvalue weighted by atomic mass is 35.7. The van der Waals surface area contributed by atoms with Crippen LogP contribution in [0.3, 0.4) is 0 Å². The normalized spacial score (nSPS) is 12.5. The van der Waals surface area contributed by atoms with Gasteiger partial charge in [0.05, 0.1) is 17.7 Å². The molecule has 0 aliphatic carbocycles. The van der Waals surface area contributed by atoms with Gasteiger partial charge in [0, 0.05) is 34.6 Å². The summed E-state index contributed by atoms with van der Waals surface area (Å²) in [5.74, 6) is 0. The van der Waals surface area contributed by atoms with Crippen molar-refractivity contribution in [1.82, 2.24) is 0 Å². The van der Waals surface area contributed by atoms with Gasteiger partial charge >= 0.3 is 0 Å². The fraction of sp³-hybridized carbons (Fsp3) is 0.533. The van der Waals surface area contributed by atoms with Crippen LogP contribution in [0.25, 0.3) is 0 Å². The van der Waals surface area contributed by atoms with Gasteiger partial charge in [0.2, 0.25) is 0 Å².